The van der Waals surface area contributed by atoms with Crippen LogP contribution in [0.1, 0.15) is 44.7 Å². The maximum absolute atomic E-state index is 13.4. The van der Waals surface area contributed by atoms with Gasteiger partial charge in [-0.3, -0.25) is 4.79 Å². The van der Waals surface area contributed by atoms with Crippen LogP contribution in [0.5, 0.6) is 0 Å². The Bertz CT molecular complexity index is 679. The second kappa shape index (κ2) is 7.95. The number of anilines is 1. The van der Waals surface area contributed by atoms with E-state index in [0.29, 0.717) is 38.8 Å². The topological polar surface area (TPSA) is 67.8 Å². The van der Waals surface area contributed by atoms with Crippen LogP contribution in [-0.4, -0.2) is 72.6 Å². The van der Waals surface area contributed by atoms with E-state index in [1.165, 1.54) is 0 Å². The zero-order chi connectivity index (χ0) is 19.6. The Morgan fingerprint density at radius 2 is 1.82 bits per heavy atom. The van der Waals surface area contributed by atoms with Gasteiger partial charge in [0.2, 0.25) is 5.91 Å². The summed E-state index contributed by atoms with van der Waals surface area (Å²) in [6.45, 7) is 9.29. The van der Waals surface area contributed by atoms with Gasteiger partial charge in [-0.2, -0.15) is 5.10 Å². The van der Waals surface area contributed by atoms with E-state index in [9.17, 15) is 4.79 Å². The molecule has 1 spiro atoms. The lowest BCUT2D eigenvalue weighted by molar-refractivity contribution is -0.168. The smallest absolute Gasteiger partial charge is 0.229 e. The molecule has 3 aliphatic rings. The summed E-state index contributed by atoms with van der Waals surface area (Å²) in [5, 5.41) is 8.50. The van der Waals surface area contributed by atoms with Crippen LogP contribution < -0.4 is 4.90 Å². The summed E-state index contributed by atoms with van der Waals surface area (Å²) >= 11 is 0. The number of hydrogen-bond donors (Lipinski definition) is 0. The van der Waals surface area contributed by atoms with Crippen LogP contribution >= 0.6 is 0 Å². The fourth-order valence-electron chi connectivity index (χ4n) is 4.84. The van der Waals surface area contributed by atoms with Crippen molar-refractivity contribution in [1.82, 2.24) is 15.1 Å². The Morgan fingerprint density at radius 1 is 1.07 bits per heavy atom. The Balaban J connectivity index is 1.41. The molecule has 0 unspecified atom stereocenters. The molecule has 7 heteroatoms. The first kappa shape index (κ1) is 19.6. The largest absolute Gasteiger partial charge is 0.381 e. The minimum absolute atomic E-state index is 0.220. The molecule has 0 atom stereocenters. The number of ether oxygens (including phenoxy) is 2. The van der Waals surface area contributed by atoms with Gasteiger partial charge in [0.05, 0.1) is 23.3 Å². The molecular weight excluding hydrogens is 356 g/mol. The monoisotopic (exact) mass is 388 g/mol. The summed E-state index contributed by atoms with van der Waals surface area (Å²) in [5.74, 6) is 1.24. The van der Waals surface area contributed by atoms with E-state index in [4.69, 9.17) is 9.47 Å². The second-order valence-corrected chi connectivity index (χ2v) is 8.52. The number of carbonyl (C=O) groups excluding carboxylic acids is 1. The molecule has 3 saturated heterocycles. The number of aromatic nitrogens is 2. The normalized spacial score (nSPS) is 24.4. The van der Waals surface area contributed by atoms with E-state index in [1.807, 2.05) is 19.1 Å². The van der Waals surface area contributed by atoms with E-state index in [1.54, 1.807) is 0 Å². The van der Waals surface area contributed by atoms with E-state index in [-0.39, 0.29) is 11.0 Å². The van der Waals surface area contributed by atoms with Gasteiger partial charge < -0.3 is 19.3 Å². The molecule has 0 N–H and O–H groups in total. The third kappa shape index (κ3) is 3.74. The van der Waals surface area contributed by atoms with Crippen LogP contribution in [0.4, 0.5) is 5.82 Å². The maximum Gasteiger partial charge on any atom is 0.229 e. The molecule has 0 radical (unpaired) electrons. The number of amides is 1. The van der Waals surface area contributed by atoms with Crippen LogP contribution in [0.15, 0.2) is 12.1 Å². The van der Waals surface area contributed by atoms with Crippen LogP contribution in [0, 0.1) is 12.3 Å². The molecule has 0 saturated carbocycles. The van der Waals surface area contributed by atoms with Crippen molar-refractivity contribution in [3.8, 4) is 0 Å². The maximum atomic E-state index is 13.4. The Kier molecular flexibility index (Phi) is 5.56. The summed E-state index contributed by atoms with van der Waals surface area (Å²) in [6, 6.07) is 4.04. The molecule has 1 aromatic heterocycles. The highest BCUT2D eigenvalue weighted by Gasteiger charge is 2.46. The van der Waals surface area contributed by atoms with Gasteiger partial charge in [0.25, 0.3) is 0 Å². The highest BCUT2D eigenvalue weighted by atomic mass is 16.5. The van der Waals surface area contributed by atoms with Gasteiger partial charge in [-0.25, -0.2) is 0 Å². The third-order valence-electron chi connectivity index (χ3n) is 6.90. The summed E-state index contributed by atoms with van der Waals surface area (Å²) in [5.41, 5.74) is 0.470. The Hall–Kier alpha value is -1.73. The molecule has 0 aromatic carbocycles. The summed E-state index contributed by atoms with van der Waals surface area (Å²) in [6.07, 6.45) is 4.39. The quantitative estimate of drug-likeness (QED) is 0.791. The highest BCUT2D eigenvalue weighted by Crippen LogP contribution is 2.38. The van der Waals surface area contributed by atoms with Gasteiger partial charge in [0.1, 0.15) is 0 Å². The number of aryl methyl sites for hydroxylation is 1. The van der Waals surface area contributed by atoms with Gasteiger partial charge in [-0.1, -0.05) is 6.92 Å². The zero-order valence-corrected chi connectivity index (χ0v) is 17.2. The van der Waals surface area contributed by atoms with E-state index >= 15 is 0 Å². The van der Waals surface area contributed by atoms with Crippen LogP contribution in [0.2, 0.25) is 0 Å². The average molecular weight is 389 g/mol. The van der Waals surface area contributed by atoms with Crippen molar-refractivity contribution in [3.63, 3.8) is 0 Å². The Morgan fingerprint density at radius 3 is 2.46 bits per heavy atom. The lowest BCUT2D eigenvalue weighted by Gasteiger charge is -2.49. The van der Waals surface area contributed by atoms with Crippen LogP contribution in [0.25, 0.3) is 0 Å². The average Bonchev–Trinajstić information content (AvgIpc) is 2.75. The summed E-state index contributed by atoms with van der Waals surface area (Å²) < 4.78 is 11.8. The predicted molar refractivity (Wildman–Crippen MR) is 106 cm³/mol. The van der Waals surface area contributed by atoms with E-state index in [0.717, 1.165) is 56.7 Å². The molecule has 28 heavy (non-hydrogen) atoms. The molecule has 3 aliphatic heterocycles. The number of carbonyl (C=O) groups is 1. The fraction of sp³-hybridized carbons (Fsp3) is 0.762. The van der Waals surface area contributed by atoms with Crippen molar-refractivity contribution in [2.24, 2.45) is 5.41 Å². The first-order chi connectivity index (χ1) is 13.6. The molecule has 7 nitrogen and oxygen atoms in total. The molecule has 0 aliphatic carbocycles. The first-order valence-corrected chi connectivity index (χ1v) is 10.6. The molecule has 1 amide bonds. The lowest BCUT2D eigenvalue weighted by atomic mass is 9.76. The van der Waals surface area contributed by atoms with Gasteiger partial charge >= 0.3 is 0 Å². The predicted octanol–water partition coefficient (Wildman–Crippen LogP) is 2.19. The zero-order valence-electron chi connectivity index (χ0n) is 17.2. The third-order valence-corrected chi connectivity index (χ3v) is 6.90. The number of rotatable bonds is 3. The molecule has 0 bridgehead atoms. The Labute approximate surface area is 167 Å². The number of morpholine rings is 1. The van der Waals surface area contributed by atoms with Crippen LogP contribution in [-0.2, 0) is 14.3 Å². The van der Waals surface area contributed by atoms with Crippen molar-refractivity contribution in [1.29, 1.82) is 0 Å². The van der Waals surface area contributed by atoms with Gasteiger partial charge in [0.15, 0.2) is 5.82 Å². The lowest BCUT2D eigenvalue weighted by Crippen LogP contribution is -2.60. The minimum atomic E-state index is -0.241. The molecule has 3 fully saturated rings. The van der Waals surface area contributed by atoms with Crippen molar-refractivity contribution in [3.05, 3.63) is 17.8 Å². The van der Waals surface area contributed by atoms with Crippen molar-refractivity contribution < 1.29 is 14.3 Å². The summed E-state index contributed by atoms with van der Waals surface area (Å²) in [7, 11) is 0. The standard InChI is InChI=1S/C21H32N4O3/c1-3-20(8-13-27-14-9-20)19(26)25-12-15-28-21(16-25)6-10-24(11-7-21)18-5-4-17(2)22-23-18/h4-5H,3,6-16H2,1-2H3. The van der Waals surface area contributed by atoms with Gasteiger partial charge in [0, 0.05) is 39.4 Å². The fourth-order valence-corrected chi connectivity index (χ4v) is 4.84. The molecule has 4 rings (SSSR count). The summed E-state index contributed by atoms with van der Waals surface area (Å²) in [4.78, 5) is 17.8. The highest BCUT2D eigenvalue weighted by molar-refractivity contribution is 5.83. The van der Waals surface area contributed by atoms with Gasteiger partial charge in [-0.05, 0) is 51.2 Å². The number of piperidine rings is 1. The molecule has 4 heterocycles. The van der Waals surface area contributed by atoms with Crippen molar-refractivity contribution >= 4 is 11.7 Å². The molecular formula is C21H32N4O3. The van der Waals surface area contributed by atoms with Crippen molar-refractivity contribution in [2.45, 2.75) is 51.6 Å². The molecule has 1 aromatic rings. The second-order valence-electron chi connectivity index (χ2n) is 8.52. The SMILES string of the molecule is CCC1(C(=O)N2CCOC3(CCN(c4ccc(C)nn4)CC3)C2)CCOCC1. The number of nitrogens with zero attached hydrogens (tertiary/aromatic N) is 4. The van der Waals surface area contributed by atoms with Crippen LogP contribution in [0.3, 0.4) is 0 Å². The minimum Gasteiger partial charge on any atom is -0.381 e. The van der Waals surface area contributed by atoms with Gasteiger partial charge in [-0.15, -0.1) is 5.10 Å². The number of hydrogen-bond acceptors (Lipinski definition) is 6. The first-order valence-electron chi connectivity index (χ1n) is 10.6. The van der Waals surface area contributed by atoms with E-state index in [2.05, 4.69) is 26.9 Å². The van der Waals surface area contributed by atoms with E-state index < -0.39 is 0 Å². The molecule has 154 valence electrons. The van der Waals surface area contributed by atoms with Crippen molar-refractivity contribution in [2.75, 3.05) is 50.9 Å².